The van der Waals surface area contributed by atoms with Gasteiger partial charge in [0.1, 0.15) is 5.75 Å². The first-order valence-electron chi connectivity index (χ1n) is 35.2. The number of benzene rings is 5. The van der Waals surface area contributed by atoms with Crippen LogP contribution in [0.3, 0.4) is 0 Å². The molecular weight excluding hydrogens is 1340 g/mol. The van der Waals surface area contributed by atoms with Gasteiger partial charge in [-0.2, -0.15) is 47.9 Å². The molecule has 101 heavy (non-hydrogen) atoms. The highest BCUT2D eigenvalue weighted by Crippen LogP contribution is 2.49. The molecule has 0 bridgehead atoms. The van der Waals surface area contributed by atoms with Gasteiger partial charge in [-0.1, -0.05) is 78.9 Å². The number of nitrogens with one attached hydrogen (secondary N) is 1. The Balaban J connectivity index is 0.000000116. The SMILES string of the molecule is C1=C(c2ccc3c(c2)[C@H]2CCCN[C@H]2C3)CCOC1.O=C(N1CCC[C@@H]2c3cc(C4=CCOCC4)ccc3C[C@@H]21)C(F)(F)F.O=C(N1CCC[C@@H]2c3cc(OS(=O)(=O)C(F)(F)F)ccc3C[C@@H]21)C(F)(F)F.O=C(c1ccc2c(c1)CC=N2)N1CCC[C@@H]2c3cc(C4=CCOCC4)ccc3C[C@@H]21. The minimum atomic E-state index is -5.85. The second kappa shape index (κ2) is 28.9. The second-order valence-electron chi connectivity index (χ2n) is 28.2. The highest BCUT2D eigenvalue weighted by molar-refractivity contribution is 7.88. The molecule has 0 unspecified atom stereocenters. The maximum atomic E-state index is 13.5. The standard InChI is InChI=1S/C26H26N2O2.C19H20F3NO2.C17H21NO.C15H13F6NO4S/c29-26(21-5-6-24-20(14-21)7-10-27-24)28-11-1-2-22-23-15-18(17-8-12-30-13-9-17)3-4-19(23)16-25(22)28;20-19(21,22)18(24)23-7-1-2-15-16-10-13(12-5-8-25-9-6-12)3-4-14(16)11-17(15)23;1-2-15-16-10-13(12-5-8-19-9-6-12)3-4-14(16)11-17(15)18-7-1;16-14(17,18)13(23)22-5-1-2-10-11-7-9(4-3-8(11)6-12(10)22)26-27(24,25)15(19,20)21/h3-6,8,10,14-15,22,25H,1-2,7,9,11-13,16H2;3-5,10,15,17H,1-2,6-9,11H2;3-5,10,15,17-18H,1-2,6-9,11H2;3-4,7,10,12H,1-2,5-6H2/t22-,25+;2*15-,17+;10-,12+/m1111/s1. The van der Waals surface area contributed by atoms with E-state index in [0.29, 0.717) is 62.2 Å². The van der Waals surface area contributed by atoms with E-state index in [2.05, 4.69) is 80.1 Å². The molecule has 1 N–H and O–H groups in total. The summed E-state index contributed by atoms with van der Waals surface area (Å²) in [5.74, 6) is -3.36. The quantitative estimate of drug-likeness (QED) is 0.0986. The van der Waals surface area contributed by atoms with Crippen LogP contribution in [0.4, 0.5) is 45.2 Å². The number of hydrogen-bond acceptors (Lipinski definition) is 11. The number of alkyl halides is 9. The number of rotatable bonds is 6. The maximum absolute atomic E-state index is 13.5. The van der Waals surface area contributed by atoms with Crippen molar-refractivity contribution in [2.45, 2.75) is 168 Å². The summed E-state index contributed by atoms with van der Waals surface area (Å²) < 4.78 is 157. The van der Waals surface area contributed by atoms with Crippen molar-refractivity contribution in [3.63, 3.8) is 0 Å². The molecule has 12 aliphatic rings. The zero-order valence-corrected chi connectivity index (χ0v) is 56.6. The van der Waals surface area contributed by atoms with E-state index in [9.17, 15) is 62.3 Å². The molecule has 8 aliphatic heterocycles. The first-order chi connectivity index (χ1) is 48.5. The Hall–Kier alpha value is -7.64. The van der Waals surface area contributed by atoms with Crippen LogP contribution in [0.5, 0.6) is 5.75 Å². The van der Waals surface area contributed by atoms with E-state index in [0.717, 1.165) is 127 Å². The Bertz CT molecular complexity index is 4260. The summed E-state index contributed by atoms with van der Waals surface area (Å²) in [4.78, 5) is 45.2. The van der Waals surface area contributed by atoms with E-state index >= 15 is 0 Å². The van der Waals surface area contributed by atoms with E-state index in [1.165, 1.54) is 82.8 Å². The lowest BCUT2D eigenvalue weighted by molar-refractivity contribution is -0.189. The van der Waals surface area contributed by atoms with Gasteiger partial charge < -0.3 is 38.4 Å². The molecule has 0 spiro atoms. The Morgan fingerprint density at radius 3 is 1.40 bits per heavy atom. The van der Waals surface area contributed by atoms with Gasteiger partial charge in [0.15, 0.2) is 0 Å². The number of nitrogens with zero attached hydrogens (tertiary/aromatic N) is 4. The fourth-order valence-corrected chi connectivity index (χ4v) is 18.1. The number of ether oxygens (including phenoxy) is 3. The number of piperidine rings is 4. The molecule has 8 atom stereocenters. The fraction of sp³-hybridized carbons (Fsp3) is 0.481. The molecule has 4 saturated heterocycles. The largest absolute Gasteiger partial charge is 0.534 e. The molecule has 536 valence electrons. The fourth-order valence-electron chi connectivity index (χ4n) is 17.6. The molecule has 5 aromatic rings. The van der Waals surface area contributed by atoms with Crippen LogP contribution in [0.25, 0.3) is 16.7 Å². The van der Waals surface area contributed by atoms with Gasteiger partial charge in [0, 0.05) is 79.8 Å². The highest BCUT2D eigenvalue weighted by atomic mass is 32.2. The van der Waals surface area contributed by atoms with Crippen molar-refractivity contribution in [1.29, 1.82) is 0 Å². The van der Waals surface area contributed by atoms with Crippen molar-refractivity contribution >= 4 is 56.5 Å². The summed E-state index contributed by atoms with van der Waals surface area (Å²) in [7, 11) is -5.85. The van der Waals surface area contributed by atoms with Crippen LogP contribution in [0.2, 0.25) is 0 Å². The summed E-state index contributed by atoms with van der Waals surface area (Å²) in [5, 5.41) is 3.69. The number of halogens is 9. The number of fused-ring (bicyclic) bond motifs is 13. The second-order valence-corrected chi connectivity index (χ2v) is 29.7. The smallest absolute Gasteiger partial charge is 0.377 e. The number of aliphatic imine (C=N–C) groups is 1. The minimum Gasteiger partial charge on any atom is -0.377 e. The molecule has 0 saturated carbocycles. The summed E-state index contributed by atoms with van der Waals surface area (Å²) >= 11 is 0. The number of likely N-dealkylation sites (tertiary alicyclic amines) is 3. The van der Waals surface area contributed by atoms with Gasteiger partial charge in [-0.05, 0) is 223 Å². The lowest BCUT2D eigenvalue weighted by Gasteiger charge is -2.38. The summed E-state index contributed by atoms with van der Waals surface area (Å²) in [6.07, 6.45) is 12.3. The molecular formula is C77H80F9N5O9S. The number of carbonyl (C=O) groups excluding carboxylic acids is 3. The monoisotopic (exact) mass is 1420 g/mol. The van der Waals surface area contributed by atoms with Crippen LogP contribution < -0.4 is 9.50 Å². The first kappa shape index (κ1) is 70.4. The zero-order chi connectivity index (χ0) is 70.5. The van der Waals surface area contributed by atoms with Crippen molar-refractivity contribution in [3.05, 3.63) is 182 Å². The topological polar surface area (TPSA) is 156 Å². The van der Waals surface area contributed by atoms with Crippen LogP contribution in [0, 0.1) is 0 Å². The van der Waals surface area contributed by atoms with Crippen LogP contribution in [0.1, 0.15) is 171 Å². The summed E-state index contributed by atoms with van der Waals surface area (Å²) in [6, 6.07) is 29.5. The number of carbonyl (C=O) groups is 3. The third-order valence-electron chi connectivity index (χ3n) is 22.4. The Labute approximate surface area is 581 Å². The number of hydrogen-bond donors (Lipinski definition) is 1. The average Bonchev–Trinajstić information content (AvgIpc) is 1.64. The van der Waals surface area contributed by atoms with Crippen molar-refractivity contribution < 1.29 is 80.7 Å². The molecule has 0 radical (unpaired) electrons. The lowest BCUT2D eigenvalue weighted by Crippen LogP contribution is -2.51. The molecule has 0 aromatic heterocycles. The van der Waals surface area contributed by atoms with Crippen LogP contribution in [-0.4, -0.2) is 155 Å². The Morgan fingerprint density at radius 2 is 0.931 bits per heavy atom. The minimum absolute atomic E-state index is 0.00967. The molecule has 4 aliphatic carbocycles. The first-order valence-corrected chi connectivity index (χ1v) is 36.7. The van der Waals surface area contributed by atoms with Crippen molar-refractivity contribution in [3.8, 4) is 5.75 Å². The molecule has 4 fully saturated rings. The molecule has 5 aromatic carbocycles. The van der Waals surface area contributed by atoms with E-state index in [-0.39, 0.29) is 49.8 Å². The van der Waals surface area contributed by atoms with Gasteiger partial charge in [-0.25, -0.2) is 0 Å². The van der Waals surface area contributed by atoms with Gasteiger partial charge in [-0.3, -0.25) is 19.4 Å². The van der Waals surface area contributed by atoms with Crippen LogP contribution >= 0.6 is 0 Å². The molecule has 24 heteroatoms. The maximum Gasteiger partial charge on any atom is 0.534 e. The van der Waals surface area contributed by atoms with E-state index in [1.54, 1.807) is 11.1 Å². The van der Waals surface area contributed by atoms with Crippen LogP contribution in [-0.2, 0) is 66.0 Å². The molecule has 14 nitrogen and oxygen atoms in total. The third kappa shape index (κ3) is 14.7. The molecule has 17 rings (SSSR count). The summed E-state index contributed by atoms with van der Waals surface area (Å²) in [5.41, 5.74) is 14.6. The predicted octanol–water partition coefficient (Wildman–Crippen LogP) is 14.4. The van der Waals surface area contributed by atoms with E-state index in [1.807, 2.05) is 36.5 Å². The zero-order valence-electron chi connectivity index (χ0n) is 55.7. The van der Waals surface area contributed by atoms with Gasteiger partial charge in [0.2, 0.25) is 0 Å². The van der Waals surface area contributed by atoms with Gasteiger partial charge in [-0.15, -0.1) is 0 Å². The summed E-state index contributed by atoms with van der Waals surface area (Å²) in [6.45, 7) is 6.66. The lowest BCUT2D eigenvalue weighted by atomic mass is 9.87. The molecule has 3 amide bonds. The van der Waals surface area contributed by atoms with Gasteiger partial charge in [0.25, 0.3) is 5.91 Å². The highest BCUT2D eigenvalue weighted by Gasteiger charge is 2.53. The van der Waals surface area contributed by atoms with Gasteiger partial charge >= 0.3 is 39.8 Å². The van der Waals surface area contributed by atoms with Crippen molar-refractivity contribution in [2.24, 2.45) is 4.99 Å². The third-order valence-corrected chi connectivity index (χ3v) is 23.4. The van der Waals surface area contributed by atoms with E-state index in [4.69, 9.17) is 14.2 Å². The average molecular weight is 1420 g/mol. The Kier molecular flexibility index (Phi) is 20.1. The Morgan fingerprint density at radius 1 is 0.495 bits per heavy atom. The number of amides is 3. The van der Waals surface area contributed by atoms with Gasteiger partial charge in [0.05, 0.1) is 45.3 Å². The molecule has 8 heterocycles. The van der Waals surface area contributed by atoms with Crippen molar-refractivity contribution in [2.75, 3.05) is 65.8 Å². The van der Waals surface area contributed by atoms with E-state index < -0.39 is 57.5 Å². The normalized spacial score (nSPS) is 25.4. The van der Waals surface area contributed by atoms with Crippen LogP contribution in [0.15, 0.2) is 114 Å². The van der Waals surface area contributed by atoms with Crippen molar-refractivity contribution in [1.82, 2.24) is 20.0 Å². The predicted molar refractivity (Wildman–Crippen MR) is 362 cm³/mol.